The van der Waals surface area contributed by atoms with Crippen molar-refractivity contribution >= 4 is 44.4 Å². The summed E-state index contributed by atoms with van der Waals surface area (Å²) < 4.78 is 31.8. The molecule has 0 atom stereocenters. The summed E-state index contributed by atoms with van der Waals surface area (Å²) in [6, 6.07) is 4.48. The fourth-order valence-electron chi connectivity index (χ4n) is 2.02. The first kappa shape index (κ1) is 15.2. The minimum atomic E-state index is -4.62. The zero-order chi connectivity index (χ0) is 15.9. The molecule has 110 valence electrons. The lowest BCUT2D eigenvalue weighted by Crippen LogP contribution is -2.11. The van der Waals surface area contributed by atoms with Gasteiger partial charge < -0.3 is 10.2 Å². The molecule has 0 aliphatic carbocycles. The first-order valence-electron chi connectivity index (χ1n) is 5.34. The largest absolute Gasteiger partial charge is 0.478 e. The van der Waals surface area contributed by atoms with Crippen LogP contribution < -0.4 is 0 Å². The molecule has 0 aliphatic heterocycles. The Kier molecular flexibility index (Phi) is 3.62. The lowest BCUT2D eigenvalue weighted by Gasteiger charge is -2.11. The van der Waals surface area contributed by atoms with Crippen LogP contribution >= 0.6 is 11.6 Å². The van der Waals surface area contributed by atoms with Gasteiger partial charge in [-0.3, -0.25) is 4.55 Å². The molecular weight excluding hydrogens is 324 g/mol. The fraction of sp³-hybridized carbons (Fsp3) is 0. The van der Waals surface area contributed by atoms with Gasteiger partial charge in [0.2, 0.25) is 0 Å². The Labute approximate surface area is 123 Å². The van der Waals surface area contributed by atoms with Gasteiger partial charge in [-0.25, -0.2) is 9.59 Å². The molecular formula is C12H7ClO7S. The molecule has 21 heavy (non-hydrogen) atoms. The highest BCUT2D eigenvalue weighted by molar-refractivity contribution is 7.86. The SMILES string of the molecule is O=C(O)c1c(Cl)cc2c(S(=O)(=O)O)cccc2c1C(=O)O. The third kappa shape index (κ3) is 2.56. The lowest BCUT2D eigenvalue weighted by molar-refractivity contribution is 0.0653. The number of benzene rings is 2. The molecule has 0 saturated carbocycles. The number of carboxylic acids is 2. The van der Waals surface area contributed by atoms with E-state index in [4.69, 9.17) is 21.3 Å². The van der Waals surface area contributed by atoms with Gasteiger partial charge in [0.1, 0.15) is 4.90 Å². The summed E-state index contributed by atoms with van der Waals surface area (Å²) in [5.41, 5.74) is -1.29. The second kappa shape index (κ2) is 4.99. The molecule has 0 saturated heterocycles. The third-order valence-electron chi connectivity index (χ3n) is 2.80. The monoisotopic (exact) mass is 330 g/mol. The Morgan fingerprint density at radius 2 is 1.57 bits per heavy atom. The molecule has 0 aromatic heterocycles. The number of fused-ring (bicyclic) bond motifs is 1. The molecule has 9 heteroatoms. The van der Waals surface area contributed by atoms with Crippen LogP contribution in [0.4, 0.5) is 0 Å². The molecule has 0 spiro atoms. The predicted molar refractivity (Wildman–Crippen MR) is 72.7 cm³/mol. The van der Waals surface area contributed by atoms with Crippen LogP contribution in [0.5, 0.6) is 0 Å². The molecule has 0 bridgehead atoms. The van der Waals surface area contributed by atoms with E-state index in [-0.39, 0.29) is 10.8 Å². The fourth-order valence-corrected chi connectivity index (χ4v) is 3.00. The Hall–Kier alpha value is -2.16. The van der Waals surface area contributed by atoms with Crippen LogP contribution in [0.15, 0.2) is 29.2 Å². The molecule has 7 nitrogen and oxygen atoms in total. The van der Waals surface area contributed by atoms with Crippen molar-refractivity contribution in [2.75, 3.05) is 0 Å². The van der Waals surface area contributed by atoms with E-state index in [2.05, 4.69) is 0 Å². The van der Waals surface area contributed by atoms with E-state index in [1.165, 1.54) is 12.1 Å². The maximum absolute atomic E-state index is 11.3. The number of aromatic carboxylic acids is 2. The molecule has 2 aromatic rings. The molecule has 2 rings (SSSR count). The van der Waals surface area contributed by atoms with Crippen molar-refractivity contribution in [1.29, 1.82) is 0 Å². The zero-order valence-electron chi connectivity index (χ0n) is 10.1. The molecule has 2 aromatic carbocycles. The lowest BCUT2D eigenvalue weighted by atomic mass is 9.98. The van der Waals surface area contributed by atoms with Gasteiger partial charge in [0.25, 0.3) is 10.1 Å². The summed E-state index contributed by atoms with van der Waals surface area (Å²) in [7, 11) is -4.62. The van der Waals surface area contributed by atoms with Crippen LogP contribution in [-0.2, 0) is 10.1 Å². The van der Waals surface area contributed by atoms with Crippen LogP contribution in [0.3, 0.4) is 0 Å². The van der Waals surface area contributed by atoms with Gasteiger partial charge >= 0.3 is 11.9 Å². The van der Waals surface area contributed by atoms with Gasteiger partial charge in [0.05, 0.1) is 16.1 Å². The van der Waals surface area contributed by atoms with Gasteiger partial charge in [0.15, 0.2) is 0 Å². The number of halogens is 1. The summed E-state index contributed by atoms with van der Waals surface area (Å²) in [6.45, 7) is 0. The summed E-state index contributed by atoms with van der Waals surface area (Å²) >= 11 is 5.75. The summed E-state index contributed by atoms with van der Waals surface area (Å²) in [5.74, 6) is -3.14. The van der Waals surface area contributed by atoms with Gasteiger partial charge in [-0.1, -0.05) is 23.7 Å². The third-order valence-corrected chi connectivity index (χ3v) is 4.01. The highest BCUT2D eigenvalue weighted by Crippen LogP contribution is 2.33. The average Bonchev–Trinajstić information content (AvgIpc) is 2.34. The first-order valence-corrected chi connectivity index (χ1v) is 7.15. The average molecular weight is 331 g/mol. The summed E-state index contributed by atoms with van der Waals surface area (Å²) in [4.78, 5) is 21.9. The number of carbonyl (C=O) groups is 2. The standard InChI is InChI=1S/C12H7ClO7S/c13-7-4-6-5(2-1-3-8(6)21(18,19)20)9(11(14)15)10(7)12(16)17/h1-4H,(H,14,15)(H,16,17)(H,18,19,20). The highest BCUT2D eigenvalue weighted by atomic mass is 35.5. The maximum Gasteiger partial charge on any atom is 0.338 e. The molecule has 0 heterocycles. The van der Waals surface area contributed by atoms with E-state index in [1.54, 1.807) is 0 Å². The van der Waals surface area contributed by atoms with Crippen molar-refractivity contribution in [2.45, 2.75) is 4.90 Å². The van der Waals surface area contributed by atoms with E-state index >= 15 is 0 Å². The van der Waals surface area contributed by atoms with Gasteiger partial charge in [-0.2, -0.15) is 8.42 Å². The summed E-state index contributed by atoms with van der Waals surface area (Å²) in [5, 5.41) is 17.5. The van der Waals surface area contributed by atoms with Crippen molar-refractivity contribution in [3.63, 3.8) is 0 Å². The number of hydrogen-bond donors (Lipinski definition) is 3. The Morgan fingerprint density at radius 1 is 1.00 bits per heavy atom. The van der Waals surface area contributed by atoms with E-state index in [0.717, 1.165) is 12.1 Å². The minimum absolute atomic E-state index is 0.153. The van der Waals surface area contributed by atoms with Crippen molar-refractivity contribution in [1.82, 2.24) is 0 Å². The van der Waals surface area contributed by atoms with Crippen LogP contribution in [0.2, 0.25) is 5.02 Å². The van der Waals surface area contributed by atoms with E-state index in [9.17, 15) is 23.1 Å². The van der Waals surface area contributed by atoms with Gasteiger partial charge in [-0.05, 0) is 17.5 Å². The van der Waals surface area contributed by atoms with E-state index in [0.29, 0.717) is 0 Å². The zero-order valence-corrected chi connectivity index (χ0v) is 11.6. The number of carboxylic acid groups (broad SMARTS) is 2. The predicted octanol–water partition coefficient (Wildman–Crippen LogP) is 2.14. The van der Waals surface area contributed by atoms with Crippen LogP contribution in [-0.4, -0.2) is 35.1 Å². The second-order valence-electron chi connectivity index (χ2n) is 4.05. The highest BCUT2D eigenvalue weighted by Gasteiger charge is 2.25. The number of rotatable bonds is 3. The molecule has 0 unspecified atom stereocenters. The Balaban J connectivity index is 3.11. The normalized spacial score (nSPS) is 11.5. The van der Waals surface area contributed by atoms with E-state index in [1.807, 2.05) is 0 Å². The minimum Gasteiger partial charge on any atom is -0.478 e. The summed E-state index contributed by atoms with van der Waals surface area (Å²) in [6.07, 6.45) is 0. The van der Waals surface area contributed by atoms with Crippen molar-refractivity contribution < 1.29 is 32.8 Å². The van der Waals surface area contributed by atoms with Crippen LogP contribution in [0, 0.1) is 0 Å². The molecule has 0 fully saturated rings. The van der Waals surface area contributed by atoms with E-state index < -0.39 is 43.1 Å². The first-order chi connectivity index (χ1) is 9.64. The maximum atomic E-state index is 11.3. The van der Waals surface area contributed by atoms with Crippen molar-refractivity contribution in [3.8, 4) is 0 Å². The second-order valence-corrected chi connectivity index (χ2v) is 5.84. The van der Waals surface area contributed by atoms with Crippen molar-refractivity contribution in [3.05, 3.63) is 40.4 Å². The molecule has 3 N–H and O–H groups in total. The quantitative estimate of drug-likeness (QED) is 0.735. The van der Waals surface area contributed by atoms with Crippen LogP contribution in [0.25, 0.3) is 10.8 Å². The Morgan fingerprint density at radius 3 is 2.05 bits per heavy atom. The van der Waals surface area contributed by atoms with Gasteiger partial charge in [-0.15, -0.1) is 0 Å². The van der Waals surface area contributed by atoms with Gasteiger partial charge in [0, 0.05) is 5.39 Å². The molecule has 0 amide bonds. The molecule has 0 aliphatic rings. The van der Waals surface area contributed by atoms with Crippen LogP contribution in [0.1, 0.15) is 20.7 Å². The number of hydrogen-bond acceptors (Lipinski definition) is 4. The Bertz CT molecular complexity index is 886. The topological polar surface area (TPSA) is 129 Å². The van der Waals surface area contributed by atoms with Crippen molar-refractivity contribution in [2.24, 2.45) is 0 Å². The molecule has 0 radical (unpaired) electrons. The smallest absolute Gasteiger partial charge is 0.338 e.